The lowest BCUT2D eigenvalue weighted by molar-refractivity contribution is 0.0849. The van der Waals surface area contributed by atoms with Gasteiger partial charge in [-0.05, 0) is 42.8 Å². The van der Waals surface area contributed by atoms with E-state index in [2.05, 4.69) is 30.3 Å². The number of carbonyl (C=O) groups excluding carboxylic acids is 2. The van der Waals surface area contributed by atoms with Crippen molar-refractivity contribution in [2.45, 2.75) is 103 Å². The maximum atomic E-state index is 12.3. The summed E-state index contributed by atoms with van der Waals surface area (Å²) in [6.07, 6.45) is 16.4. The van der Waals surface area contributed by atoms with E-state index < -0.39 is 8.07 Å². The Morgan fingerprint density at radius 1 is 0.583 bits per heavy atom. The van der Waals surface area contributed by atoms with Crippen molar-refractivity contribution in [3.63, 3.8) is 0 Å². The molecule has 0 aromatic heterocycles. The SMILES string of the molecule is C[Si](C)(C)CCCCCCCCCCCCCCNc1ccc(C(=O)NC(=O)c2ccccc2)cc1. The van der Waals surface area contributed by atoms with Gasteiger partial charge in [-0.15, -0.1) is 0 Å². The third kappa shape index (κ3) is 13.6. The average Bonchev–Trinajstić information content (AvgIpc) is 2.86. The molecule has 0 saturated carbocycles. The van der Waals surface area contributed by atoms with Gasteiger partial charge in [0, 0.05) is 31.4 Å². The average molecular weight is 509 g/mol. The van der Waals surface area contributed by atoms with Crippen molar-refractivity contribution in [1.29, 1.82) is 0 Å². The van der Waals surface area contributed by atoms with Crippen LogP contribution in [0.15, 0.2) is 54.6 Å². The first kappa shape index (κ1) is 29.8. The highest BCUT2D eigenvalue weighted by Gasteiger charge is 2.12. The summed E-state index contributed by atoms with van der Waals surface area (Å²) in [5, 5.41) is 5.87. The second kappa shape index (κ2) is 17.1. The highest BCUT2D eigenvalue weighted by atomic mass is 28.3. The minimum Gasteiger partial charge on any atom is -0.385 e. The van der Waals surface area contributed by atoms with E-state index >= 15 is 0 Å². The summed E-state index contributed by atoms with van der Waals surface area (Å²) in [7, 11) is -0.824. The second-order valence-electron chi connectivity index (χ2n) is 11.2. The number of hydrogen-bond donors (Lipinski definition) is 2. The van der Waals surface area contributed by atoms with Crippen molar-refractivity contribution in [2.24, 2.45) is 0 Å². The number of benzene rings is 2. The van der Waals surface area contributed by atoms with E-state index in [-0.39, 0.29) is 11.8 Å². The fourth-order valence-electron chi connectivity index (χ4n) is 4.36. The van der Waals surface area contributed by atoms with Crippen LogP contribution in [0.1, 0.15) is 97.8 Å². The van der Waals surface area contributed by atoms with Crippen LogP contribution in [0.3, 0.4) is 0 Å². The molecule has 0 radical (unpaired) electrons. The Morgan fingerprint density at radius 2 is 1.03 bits per heavy atom. The number of imide groups is 1. The van der Waals surface area contributed by atoms with Gasteiger partial charge in [-0.2, -0.15) is 0 Å². The molecule has 0 aliphatic carbocycles. The first-order valence-corrected chi connectivity index (χ1v) is 17.8. The number of unbranched alkanes of at least 4 members (excludes halogenated alkanes) is 11. The normalized spacial score (nSPS) is 11.3. The summed E-state index contributed by atoms with van der Waals surface area (Å²) in [6.45, 7) is 8.37. The molecule has 0 saturated heterocycles. The van der Waals surface area contributed by atoms with Gasteiger partial charge in [0.15, 0.2) is 0 Å². The maximum absolute atomic E-state index is 12.3. The molecule has 0 spiro atoms. The van der Waals surface area contributed by atoms with Gasteiger partial charge in [0.1, 0.15) is 0 Å². The standard InChI is InChI=1S/C31H48N2O2Si/c1-36(2,3)26-18-13-11-9-7-5-4-6-8-10-12-17-25-32-29-23-21-28(22-24-29)31(35)33-30(34)27-19-15-14-16-20-27/h14-16,19-24,32H,4-13,17-18,25-26H2,1-3H3,(H,33,34,35). The maximum Gasteiger partial charge on any atom is 0.258 e. The zero-order valence-electron chi connectivity index (χ0n) is 22.9. The van der Waals surface area contributed by atoms with Gasteiger partial charge in [-0.25, -0.2) is 0 Å². The molecule has 2 aromatic carbocycles. The summed E-state index contributed by atoms with van der Waals surface area (Å²) >= 11 is 0. The number of hydrogen-bond acceptors (Lipinski definition) is 3. The van der Waals surface area contributed by atoms with Crippen LogP contribution in [-0.2, 0) is 0 Å². The van der Waals surface area contributed by atoms with Gasteiger partial charge in [0.25, 0.3) is 11.8 Å². The fraction of sp³-hybridized carbons (Fsp3) is 0.548. The van der Waals surface area contributed by atoms with Crippen LogP contribution in [0.4, 0.5) is 5.69 Å². The van der Waals surface area contributed by atoms with Crippen molar-refractivity contribution < 1.29 is 9.59 Å². The Kier molecular flexibility index (Phi) is 14.2. The van der Waals surface area contributed by atoms with Gasteiger partial charge in [0.05, 0.1) is 0 Å². The van der Waals surface area contributed by atoms with E-state index in [1.54, 1.807) is 36.4 Å². The van der Waals surface area contributed by atoms with Gasteiger partial charge >= 0.3 is 0 Å². The third-order valence-corrected chi connectivity index (χ3v) is 8.45. The molecule has 2 amide bonds. The lowest BCUT2D eigenvalue weighted by Gasteiger charge is -2.14. The Bertz CT molecular complexity index is 876. The Hall–Kier alpha value is -2.40. The summed E-state index contributed by atoms with van der Waals surface area (Å²) < 4.78 is 0. The van der Waals surface area contributed by atoms with Crippen LogP contribution in [0.25, 0.3) is 0 Å². The van der Waals surface area contributed by atoms with Crippen LogP contribution in [0.5, 0.6) is 0 Å². The summed E-state index contributed by atoms with van der Waals surface area (Å²) in [5.74, 6) is -0.765. The van der Waals surface area contributed by atoms with E-state index in [0.717, 1.165) is 18.7 Å². The Balaban J connectivity index is 1.44. The lowest BCUT2D eigenvalue weighted by Crippen LogP contribution is -2.30. The fourth-order valence-corrected chi connectivity index (χ4v) is 5.67. The number of amides is 2. The molecule has 2 aromatic rings. The molecule has 2 N–H and O–H groups in total. The second-order valence-corrected chi connectivity index (χ2v) is 16.8. The van der Waals surface area contributed by atoms with Gasteiger partial charge in [-0.1, -0.05) is 115 Å². The molecule has 4 nitrogen and oxygen atoms in total. The molecule has 5 heteroatoms. The topological polar surface area (TPSA) is 58.2 Å². The molecular weight excluding hydrogens is 460 g/mol. The molecule has 0 heterocycles. The van der Waals surface area contributed by atoms with Gasteiger partial charge < -0.3 is 5.32 Å². The molecule has 0 atom stereocenters. The quantitative estimate of drug-likeness (QED) is 0.120. The molecule has 0 bridgehead atoms. The van der Waals surface area contributed by atoms with E-state index in [4.69, 9.17) is 0 Å². The van der Waals surface area contributed by atoms with E-state index in [1.807, 2.05) is 18.2 Å². The summed E-state index contributed by atoms with van der Waals surface area (Å²) in [5.41, 5.74) is 1.95. The van der Waals surface area contributed by atoms with Crippen LogP contribution < -0.4 is 10.6 Å². The highest BCUT2D eigenvalue weighted by molar-refractivity contribution is 6.76. The van der Waals surface area contributed by atoms with Crippen LogP contribution in [0, 0.1) is 0 Å². The van der Waals surface area contributed by atoms with E-state index in [1.165, 1.54) is 76.7 Å². The van der Waals surface area contributed by atoms with Crippen molar-refractivity contribution in [2.75, 3.05) is 11.9 Å². The molecule has 0 aliphatic heterocycles. The van der Waals surface area contributed by atoms with E-state index in [9.17, 15) is 9.59 Å². The number of anilines is 1. The van der Waals surface area contributed by atoms with Crippen molar-refractivity contribution in [3.05, 3.63) is 65.7 Å². The van der Waals surface area contributed by atoms with Gasteiger partial charge in [0.2, 0.25) is 0 Å². The molecule has 198 valence electrons. The lowest BCUT2D eigenvalue weighted by atomic mass is 10.1. The van der Waals surface area contributed by atoms with Crippen molar-refractivity contribution in [3.8, 4) is 0 Å². The summed E-state index contributed by atoms with van der Waals surface area (Å²) in [4.78, 5) is 24.5. The minimum absolute atomic E-state index is 0.382. The van der Waals surface area contributed by atoms with E-state index in [0.29, 0.717) is 11.1 Å². The molecule has 0 unspecified atom stereocenters. The number of rotatable bonds is 18. The smallest absolute Gasteiger partial charge is 0.258 e. The molecule has 0 fully saturated rings. The Morgan fingerprint density at radius 3 is 1.53 bits per heavy atom. The van der Waals surface area contributed by atoms with Crippen LogP contribution in [0.2, 0.25) is 25.7 Å². The third-order valence-electron chi connectivity index (χ3n) is 6.59. The highest BCUT2D eigenvalue weighted by Crippen LogP contribution is 2.17. The molecule has 2 rings (SSSR count). The van der Waals surface area contributed by atoms with Crippen LogP contribution >= 0.6 is 0 Å². The number of carbonyl (C=O) groups is 2. The first-order chi connectivity index (χ1) is 17.3. The monoisotopic (exact) mass is 508 g/mol. The van der Waals surface area contributed by atoms with Crippen molar-refractivity contribution >= 4 is 25.6 Å². The predicted molar refractivity (Wildman–Crippen MR) is 157 cm³/mol. The summed E-state index contributed by atoms with van der Waals surface area (Å²) in [6, 6.07) is 17.6. The first-order valence-electron chi connectivity index (χ1n) is 14.1. The molecule has 0 aliphatic rings. The van der Waals surface area contributed by atoms with Gasteiger partial charge in [-0.3, -0.25) is 14.9 Å². The zero-order chi connectivity index (χ0) is 26.1. The molecular formula is C31H48N2O2Si. The van der Waals surface area contributed by atoms with Crippen molar-refractivity contribution in [1.82, 2.24) is 5.32 Å². The zero-order valence-corrected chi connectivity index (χ0v) is 23.9. The largest absolute Gasteiger partial charge is 0.385 e. The predicted octanol–water partition coefficient (Wildman–Crippen LogP) is 8.69. The van der Waals surface area contributed by atoms with Crippen LogP contribution in [-0.4, -0.2) is 26.4 Å². The minimum atomic E-state index is -0.824. The Labute approximate surface area is 220 Å². The molecule has 36 heavy (non-hydrogen) atoms. The number of nitrogens with one attached hydrogen (secondary N) is 2.